The van der Waals surface area contributed by atoms with Crippen molar-refractivity contribution in [3.63, 3.8) is 0 Å². The number of nitrogens with zero attached hydrogens (tertiary/aromatic N) is 2. The fourth-order valence-electron chi connectivity index (χ4n) is 7.12. The zero-order valence-electron chi connectivity index (χ0n) is 23.1. The summed E-state index contributed by atoms with van der Waals surface area (Å²) in [7, 11) is 0. The first kappa shape index (κ1) is 25.1. The largest absolute Gasteiger partial charge is 0.352 e. The van der Waals surface area contributed by atoms with Crippen molar-refractivity contribution < 1.29 is 14.4 Å². The number of pyridine rings is 1. The third-order valence-electron chi connectivity index (χ3n) is 8.97. The molecule has 4 atom stereocenters. The summed E-state index contributed by atoms with van der Waals surface area (Å²) < 4.78 is 0. The number of benzene rings is 3. The van der Waals surface area contributed by atoms with Gasteiger partial charge in [-0.05, 0) is 62.2 Å². The number of amides is 1. The lowest BCUT2D eigenvalue weighted by Gasteiger charge is -2.39. The first-order valence-electron chi connectivity index (χ1n) is 13.9. The molecule has 1 saturated heterocycles. The molecule has 7 rings (SSSR count). The van der Waals surface area contributed by atoms with Crippen LogP contribution in [0.5, 0.6) is 0 Å². The lowest BCUT2D eigenvalue weighted by molar-refractivity contribution is -0.121. The Labute approximate surface area is 238 Å². The number of carbonyl (C=O) groups is 3. The van der Waals surface area contributed by atoms with Gasteiger partial charge in [-0.3, -0.25) is 19.4 Å². The van der Waals surface area contributed by atoms with Crippen molar-refractivity contribution in [1.29, 1.82) is 0 Å². The second-order valence-corrected chi connectivity index (χ2v) is 11.3. The van der Waals surface area contributed by atoms with E-state index in [1.165, 1.54) is 6.20 Å². The number of fused-ring (bicyclic) bond motifs is 6. The fourth-order valence-corrected chi connectivity index (χ4v) is 7.12. The Morgan fingerprint density at radius 1 is 0.854 bits per heavy atom. The average molecular weight is 540 g/mol. The molecule has 0 saturated carbocycles. The summed E-state index contributed by atoms with van der Waals surface area (Å²) in [6, 6.07) is 23.1. The molecular formula is C35H29N3O3. The number of Topliss-reactive ketones (excluding diaryl/α,β-unsaturated/α-hetero) is 2. The molecule has 6 heteroatoms. The highest BCUT2D eigenvalue weighted by Gasteiger charge is 2.70. The summed E-state index contributed by atoms with van der Waals surface area (Å²) >= 11 is 0. The zero-order valence-corrected chi connectivity index (χ0v) is 23.1. The van der Waals surface area contributed by atoms with Gasteiger partial charge in [0.1, 0.15) is 11.5 Å². The van der Waals surface area contributed by atoms with Gasteiger partial charge in [0.2, 0.25) is 5.91 Å². The van der Waals surface area contributed by atoms with Gasteiger partial charge in [0.05, 0.1) is 12.0 Å². The summed E-state index contributed by atoms with van der Waals surface area (Å²) in [4.78, 5) is 50.1. The third-order valence-corrected chi connectivity index (χ3v) is 8.97. The van der Waals surface area contributed by atoms with Gasteiger partial charge in [-0.1, -0.05) is 65.7 Å². The maximum absolute atomic E-state index is 14.7. The van der Waals surface area contributed by atoms with Gasteiger partial charge in [-0.15, -0.1) is 0 Å². The molecule has 1 fully saturated rings. The van der Waals surface area contributed by atoms with E-state index < -0.39 is 23.4 Å². The van der Waals surface area contributed by atoms with Crippen LogP contribution in [-0.4, -0.2) is 34.5 Å². The lowest BCUT2D eigenvalue weighted by atomic mass is 9.64. The van der Waals surface area contributed by atoms with Gasteiger partial charge in [0.15, 0.2) is 11.6 Å². The maximum atomic E-state index is 14.7. The Bertz CT molecular complexity index is 1780. The van der Waals surface area contributed by atoms with E-state index in [-0.39, 0.29) is 17.5 Å². The third kappa shape index (κ3) is 3.50. The van der Waals surface area contributed by atoms with Crippen molar-refractivity contribution in [2.75, 3.05) is 10.2 Å². The number of aromatic nitrogens is 1. The second kappa shape index (κ2) is 9.10. The highest BCUT2D eigenvalue weighted by molar-refractivity contribution is 6.18. The van der Waals surface area contributed by atoms with Gasteiger partial charge < -0.3 is 10.2 Å². The van der Waals surface area contributed by atoms with Gasteiger partial charge in [-0.25, -0.2) is 0 Å². The highest BCUT2D eigenvalue weighted by atomic mass is 16.2. The number of hydrogen-bond donors (Lipinski definition) is 1. The van der Waals surface area contributed by atoms with Gasteiger partial charge in [0, 0.05) is 40.5 Å². The molecule has 0 bridgehead atoms. The number of anilines is 2. The quantitative estimate of drug-likeness (QED) is 0.325. The molecule has 0 aliphatic carbocycles. The highest BCUT2D eigenvalue weighted by Crippen LogP contribution is 2.58. The van der Waals surface area contributed by atoms with Crippen LogP contribution in [0.4, 0.5) is 11.4 Å². The predicted octanol–water partition coefficient (Wildman–Crippen LogP) is 5.94. The minimum absolute atomic E-state index is 0.189. The van der Waals surface area contributed by atoms with Crippen LogP contribution in [0, 0.1) is 19.8 Å². The van der Waals surface area contributed by atoms with Crippen LogP contribution in [0.25, 0.3) is 5.57 Å². The Balaban J connectivity index is 1.56. The first-order valence-corrected chi connectivity index (χ1v) is 13.9. The summed E-state index contributed by atoms with van der Waals surface area (Å²) in [6.07, 6.45) is 5.22. The molecule has 1 amide bonds. The van der Waals surface area contributed by atoms with E-state index in [0.717, 1.165) is 33.5 Å². The van der Waals surface area contributed by atoms with Crippen LogP contribution in [0.1, 0.15) is 49.9 Å². The molecule has 1 N–H and O–H groups in total. The average Bonchev–Trinajstić information content (AvgIpc) is 3.45. The molecule has 1 aromatic heterocycles. The minimum Gasteiger partial charge on any atom is -0.352 e. The molecule has 1 spiro atoms. The minimum atomic E-state index is -1.33. The Kier molecular flexibility index (Phi) is 5.58. The number of allylic oxidation sites excluding steroid dienone is 1. The Hall–Kier alpha value is -4.84. The molecule has 3 aliphatic rings. The second-order valence-electron chi connectivity index (χ2n) is 11.3. The van der Waals surface area contributed by atoms with E-state index in [4.69, 9.17) is 0 Å². The smallest absolute Gasteiger partial charge is 0.238 e. The van der Waals surface area contributed by atoms with Crippen LogP contribution >= 0.6 is 0 Å². The Morgan fingerprint density at radius 3 is 2.37 bits per heavy atom. The molecule has 3 aliphatic heterocycles. The van der Waals surface area contributed by atoms with Crippen LogP contribution in [0.15, 0.2) is 97.3 Å². The standard InChI is InChI=1S/C35H29N3O3/c1-20-10-13-23(14-11-20)33(40)31-30(32(39)24-7-6-16-36-19-24)35(26-8-4-5-9-27(26)37-34(35)41)29-18-22(3)25-17-21(2)12-15-28(25)38(29)31/h4-19,29-31H,1-3H3,(H,37,41)/t29-,30-,31+,35-/m1/s1. The van der Waals surface area contributed by atoms with Crippen molar-refractivity contribution in [3.8, 4) is 0 Å². The van der Waals surface area contributed by atoms with Crippen LogP contribution in [-0.2, 0) is 10.2 Å². The number of para-hydroxylation sites is 1. The first-order chi connectivity index (χ1) is 19.8. The number of nitrogens with one attached hydrogen (secondary N) is 1. The Morgan fingerprint density at radius 2 is 1.61 bits per heavy atom. The molecule has 3 aromatic carbocycles. The van der Waals surface area contributed by atoms with E-state index >= 15 is 0 Å². The van der Waals surface area contributed by atoms with Crippen molar-refractivity contribution >= 4 is 34.4 Å². The summed E-state index contributed by atoms with van der Waals surface area (Å²) in [6.45, 7) is 6.05. The van der Waals surface area contributed by atoms with Crippen LogP contribution < -0.4 is 10.2 Å². The van der Waals surface area contributed by atoms with E-state index in [1.807, 2.05) is 86.3 Å². The monoisotopic (exact) mass is 539 g/mol. The van der Waals surface area contributed by atoms with E-state index in [9.17, 15) is 14.4 Å². The molecular weight excluding hydrogens is 510 g/mol. The summed E-state index contributed by atoms with van der Waals surface area (Å²) in [5.41, 5.74) is 5.95. The molecule has 0 unspecified atom stereocenters. The van der Waals surface area contributed by atoms with Gasteiger partial charge in [0.25, 0.3) is 0 Å². The topological polar surface area (TPSA) is 79.4 Å². The molecule has 4 heterocycles. The molecule has 202 valence electrons. The van der Waals surface area contributed by atoms with Crippen molar-refractivity contribution in [1.82, 2.24) is 4.98 Å². The lowest BCUT2D eigenvalue weighted by Crippen LogP contribution is -2.51. The van der Waals surface area contributed by atoms with Gasteiger partial charge >= 0.3 is 0 Å². The van der Waals surface area contributed by atoms with E-state index in [2.05, 4.69) is 22.4 Å². The summed E-state index contributed by atoms with van der Waals surface area (Å²) in [5.74, 6) is -1.74. The van der Waals surface area contributed by atoms with E-state index in [1.54, 1.807) is 18.3 Å². The number of carbonyl (C=O) groups excluding carboxylic acids is 3. The van der Waals surface area contributed by atoms with E-state index in [0.29, 0.717) is 16.8 Å². The molecule has 41 heavy (non-hydrogen) atoms. The fraction of sp³-hybridized carbons (Fsp3) is 0.200. The van der Waals surface area contributed by atoms with Crippen molar-refractivity contribution in [2.24, 2.45) is 5.92 Å². The summed E-state index contributed by atoms with van der Waals surface area (Å²) in [5, 5.41) is 3.08. The number of aryl methyl sites for hydroxylation is 2. The zero-order chi connectivity index (χ0) is 28.5. The maximum Gasteiger partial charge on any atom is 0.238 e. The van der Waals surface area contributed by atoms with Crippen molar-refractivity contribution in [3.05, 3.63) is 131 Å². The number of hydrogen-bond acceptors (Lipinski definition) is 5. The SMILES string of the molecule is CC1=C[C@H]2N(c3ccc(C)cc31)[C@H](C(=O)c1ccc(C)cc1)[C@H](C(=O)c1cccnc1)[C@]21C(=O)Nc2ccccc21. The number of ketones is 2. The molecule has 6 nitrogen and oxygen atoms in total. The normalized spacial score (nSPS) is 23.9. The van der Waals surface area contributed by atoms with Gasteiger partial charge in [-0.2, -0.15) is 0 Å². The van der Waals surface area contributed by atoms with Crippen LogP contribution in [0.3, 0.4) is 0 Å². The molecule has 0 radical (unpaired) electrons. The number of rotatable bonds is 4. The molecule has 4 aromatic rings. The van der Waals surface area contributed by atoms with Crippen molar-refractivity contribution in [2.45, 2.75) is 38.3 Å². The van der Waals surface area contributed by atoms with Crippen LogP contribution in [0.2, 0.25) is 0 Å². The predicted molar refractivity (Wildman–Crippen MR) is 159 cm³/mol.